The maximum atomic E-state index is 11.2. The molecule has 3 nitrogen and oxygen atoms in total. The van der Waals surface area contributed by atoms with E-state index in [1.807, 2.05) is 72.9 Å². The number of carbonyl (C=O) groups is 1. The Hall–Kier alpha value is -2.91. The molecule has 0 fully saturated rings. The summed E-state index contributed by atoms with van der Waals surface area (Å²) in [5.74, 6) is 0.256. The van der Waals surface area contributed by atoms with E-state index in [0.717, 1.165) is 22.4 Å². The summed E-state index contributed by atoms with van der Waals surface area (Å²) in [7, 11) is 1.81. The van der Waals surface area contributed by atoms with Gasteiger partial charge >= 0.3 is 0 Å². The van der Waals surface area contributed by atoms with Crippen LogP contribution in [0.5, 0.6) is 0 Å². The first-order chi connectivity index (χ1) is 16.1. The van der Waals surface area contributed by atoms with Gasteiger partial charge in [0.15, 0.2) is 5.78 Å². The van der Waals surface area contributed by atoms with Gasteiger partial charge in [0.2, 0.25) is 0 Å². The van der Waals surface area contributed by atoms with E-state index >= 15 is 0 Å². The van der Waals surface area contributed by atoms with Crippen molar-refractivity contribution in [1.29, 1.82) is 0 Å². The molecule has 0 saturated carbocycles. The Morgan fingerprint density at radius 3 is 1.76 bits per heavy atom. The number of aliphatic hydroxyl groups is 1. The van der Waals surface area contributed by atoms with Crippen LogP contribution in [0.3, 0.4) is 0 Å². The average Bonchev–Trinajstić information content (AvgIpc) is 2.87. The van der Waals surface area contributed by atoms with Crippen LogP contribution in [0.4, 0.5) is 0 Å². The van der Waals surface area contributed by atoms with Gasteiger partial charge in [0.05, 0.1) is 6.61 Å². The molecule has 190 valence electrons. The smallest absolute Gasteiger partial charge is 0.159 e. The van der Waals surface area contributed by atoms with Gasteiger partial charge in [-0.1, -0.05) is 96.3 Å². The topological polar surface area (TPSA) is 49.3 Å². The van der Waals surface area contributed by atoms with E-state index in [1.165, 1.54) is 16.7 Å². The third-order valence-corrected chi connectivity index (χ3v) is 4.79. The van der Waals surface area contributed by atoms with Crippen molar-refractivity contribution < 1.29 is 9.90 Å². The highest BCUT2D eigenvalue weighted by atomic mass is 16.3. The molecule has 2 rings (SSSR count). The fourth-order valence-electron chi connectivity index (χ4n) is 2.42. The van der Waals surface area contributed by atoms with Gasteiger partial charge in [0.1, 0.15) is 0 Å². The van der Waals surface area contributed by atoms with Crippen molar-refractivity contribution in [3.63, 3.8) is 0 Å². The van der Waals surface area contributed by atoms with Crippen molar-refractivity contribution in [2.75, 3.05) is 13.7 Å². The lowest BCUT2D eigenvalue weighted by atomic mass is 9.99. The number of aliphatic hydroxyl groups excluding tert-OH is 1. The molecule has 0 aromatic heterocycles. The predicted molar refractivity (Wildman–Crippen MR) is 154 cm³/mol. The number of nitrogens with one attached hydrogen (secondary N) is 1. The van der Waals surface area contributed by atoms with Gasteiger partial charge < -0.3 is 10.4 Å². The first-order valence-electron chi connectivity index (χ1n) is 12.0. The third-order valence-electron chi connectivity index (χ3n) is 4.79. The van der Waals surface area contributed by atoms with Crippen molar-refractivity contribution in [3.8, 4) is 11.1 Å². The zero-order chi connectivity index (χ0) is 27.3. The van der Waals surface area contributed by atoms with E-state index < -0.39 is 0 Å². The Labute approximate surface area is 210 Å². The lowest BCUT2D eigenvalue weighted by Gasteiger charge is -2.14. The number of allylic oxidation sites excluding steroid dienone is 2. The molecule has 0 aliphatic heterocycles. The van der Waals surface area contributed by atoms with Crippen molar-refractivity contribution in [1.82, 2.24) is 5.32 Å². The second kappa shape index (κ2) is 21.9. The fourth-order valence-corrected chi connectivity index (χ4v) is 2.42. The van der Waals surface area contributed by atoms with E-state index in [9.17, 15) is 4.79 Å². The van der Waals surface area contributed by atoms with Gasteiger partial charge in [0.25, 0.3) is 0 Å². The van der Waals surface area contributed by atoms with Crippen LogP contribution in [-0.2, 0) is 0 Å². The maximum Gasteiger partial charge on any atom is 0.159 e. The molecule has 0 aliphatic carbocycles. The summed E-state index contributed by atoms with van der Waals surface area (Å²) in [6, 6.07) is 14.2. The van der Waals surface area contributed by atoms with Gasteiger partial charge in [0, 0.05) is 24.2 Å². The van der Waals surface area contributed by atoms with Crippen LogP contribution in [0, 0.1) is 19.8 Å². The molecule has 0 radical (unpaired) electrons. The highest BCUT2D eigenvalue weighted by Crippen LogP contribution is 2.22. The number of rotatable bonds is 6. The highest BCUT2D eigenvalue weighted by molar-refractivity contribution is 5.94. The molecule has 0 aliphatic rings. The summed E-state index contributed by atoms with van der Waals surface area (Å²) in [6.07, 6.45) is 1.75. The average molecular weight is 468 g/mol. The first kappa shape index (κ1) is 35.7. The third kappa shape index (κ3) is 14.3. The molecule has 0 heterocycles. The van der Waals surface area contributed by atoms with Gasteiger partial charge in [-0.2, -0.15) is 0 Å². The molecular weight excluding hydrogens is 418 g/mol. The largest absolute Gasteiger partial charge is 0.392 e. The quantitative estimate of drug-likeness (QED) is 0.332. The van der Waals surface area contributed by atoms with Crippen LogP contribution in [0.25, 0.3) is 11.1 Å². The summed E-state index contributed by atoms with van der Waals surface area (Å²) in [5, 5.41) is 11.6. The van der Waals surface area contributed by atoms with Gasteiger partial charge in [-0.15, -0.1) is 6.58 Å². The highest BCUT2D eigenvalue weighted by Gasteiger charge is 2.07. The van der Waals surface area contributed by atoms with Crippen molar-refractivity contribution in [2.24, 2.45) is 5.92 Å². The summed E-state index contributed by atoms with van der Waals surface area (Å²) < 4.78 is 0. The summed E-state index contributed by atoms with van der Waals surface area (Å²) in [6.45, 7) is 28.5. The summed E-state index contributed by atoms with van der Waals surface area (Å²) in [4.78, 5) is 11.2. The molecule has 2 aromatic carbocycles. The minimum absolute atomic E-state index is 0.0296. The SMILES string of the molecule is C=C(CO)C(C)C(=C)NC.C=CC.CC.CC.CC(=O)c1ccc(-c2ccc(C)c(C)c2)cc1. The van der Waals surface area contributed by atoms with E-state index in [2.05, 4.69) is 57.1 Å². The zero-order valence-electron chi connectivity index (χ0n) is 23.4. The number of aryl methyl sites for hydroxylation is 2. The Balaban J connectivity index is -0.000000484. The predicted octanol–water partition coefficient (Wildman–Crippen LogP) is 8.32. The maximum absolute atomic E-state index is 11.2. The van der Waals surface area contributed by atoms with Crippen LogP contribution in [0.1, 0.15) is 70.0 Å². The number of hydrogen-bond donors (Lipinski definition) is 2. The van der Waals surface area contributed by atoms with E-state index in [-0.39, 0.29) is 18.3 Å². The second-order valence-electron chi connectivity index (χ2n) is 7.15. The van der Waals surface area contributed by atoms with Gasteiger partial charge in [-0.25, -0.2) is 0 Å². The number of ketones is 1. The Morgan fingerprint density at radius 1 is 0.971 bits per heavy atom. The van der Waals surface area contributed by atoms with Crippen LogP contribution >= 0.6 is 0 Å². The van der Waals surface area contributed by atoms with Gasteiger partial charge in [-0.3, -0.25) is 4.79 Å². The number of benzene rings is 2. The molecule has 0 spiro atoms. The lowest BCUT2D eigenvalue weighted by molar-refractivity contribution is 0.101. The molecule has 0 saturated heterocycles. The Kier molecular flexibility index (Phi) is 23.0. The number of carbonyl (C=O) groups excluding carboxylic acids is 1. The fraction of sp³-hybridized carbons (Fsp3) is 0.387. The van der Waals surface area contributed by atoms with E-state index in [1.54, 1.807) is 13.0 Å². The first-order valence-corrected chi connectivity index (χ1v) is 12.0. The molecule has 1 atom stereocenters. The Bertz CT molecular complexity index is 832. The van der Waals surface area contributed by atoms with Crippen LogP contribution < -0.4 is 5.32 Å². The van der Waals surface area contributed by atoms with E-state index in [4.69, 9.17) is 5.11 Å². The van der Waals surface area contributed by atoms with Crippen LogP contribution in [0.2, 0.25) is 0 Å². The van der Waals surface area contributed by atoms with Crippen LogP contribution in [0.15, 0.2) is 79.5 Å². The molecule has 1 unspecified atom stereocenters. The lowest BCUT2D eigenvalue weighted by Crippen LogP contribution is -2.15. The molecule has 34 heavy (non-hydrogen) atoms. The molecule has 3 heteroatoms. The summed E-state index contributed by atoms with van der Waals surface area (Å²) in [5.41, 5.74) is 7.38. The molecule has 0 bridgehead atoms. The molecule has 0 amide bonds. The second-order valence-corrected chi connectivity index (χ2v) is 7.15. The number of Topliss-reactive ketones (excluding diaryl/α,β-unsaturated/α-hetero) is 1. The minimum atomic E-state index is 0.0296. The standard InChI is InChI=1S/C16H16O.C8H15NO.C3H6.2C2H6/c1-11-4-5-16(10-12(11)2)15-8-6-14(7-9-15)13(3)17;1-6(5-10)7(2)8(3)9-4;1-3-2;2*1-2/h4-10H,1-3H3;7,9-10H,1,3,5H2,2,4H3;3H,1H2,2H3;2*1-2H3. The monoisotopic (exact) mass is 467 g/mol. The minimum Gasteiger partial charge on any atom is -0.392 e. The molecule has 2 aromatic rings. The van der Waals surface area contributed by atoms with Crippen molar-refractivity contribution >= 4 is 5.78 Å². The van der Waals surface area contributed by atoms with Crippen molar-refractivity contribution in [3.05, 3.63) is 96.2 Å². The van der Waals surface area contributed by atoms with Crippen molar-refractivity contribution in [2.45, 2.75) is 62.3 Å². The van der Waals surface area contributed by atoms with Crippen LogP contribution in [-0.4, -0.2) is 24.5 Å². The summed E-state index contributed by atoms with van der Waals surface area (Å²) >= 11 is 0. The van der Waals surface area contributed by atoms with E-state index in [0.29, 0.717) is 0 Å². The van der Waals surface area contributed by atoms with Gasteiger partial charge in [-0.05, 0) is 55.5 Å². The molecule has 2 N–H and O–H groups in total. The Morgan fingerprint density at radius 2 is 1.41 bits per heavy atom. The normalized spacial score (nSPS) is 9.50. The number of hydrogen-bond acceptors (Lipinski definition) is 3. The zero-order valence-corrected chi connectivity index (χ0v) is 23.4. The molecular formula is C31H49NO2.